The van der Waals surface area contributed by atoms with E-state index in [2.05, 4.69) is 0 Å². The summed E-state index contributed by atoms with van der Waals surface area (Å²) in [4.78, 5) is 54.3. The van der Waals surface area contributed by atoms with Gasteiger partial charge in [0.2, 0.25) is 18.0 Å². The van der Waals surface area contributed by atoms with E-state index in [4.69, 9.17) is 42.6 Å². The normalized spacial score (nSPS) is 54.4. The van der Waals surface area contributed by atoms with E-state index in [-0.39, 0.29) is 12.8 Å². The third-order valence-electron chi connectivity index (χ3n) is 13.5. The maximum atomic E-state index is 14.6. The molecule has 0 amide bonds. The molecule has 0 aromatic carbocycles. The van der Waals surface area contributed by atoms with Gasteiger partial charge in [-0.05, 0) is 24.7 Å². The van der Waals surface area contributed by atoms with Crippen molar-refractivity contribution in [3.8, 4) is 0 Å². The molecule has 2 aliphatic carbocycles. The van der Waals surface area contributed by atoms with Gasteiger partial charge in [0.05, 0.1) is 30.0 Å². The van der Waals surface area contributed by atoms with Crippen LogP contribution in [0.1, 0.15) is 47.5 Å². The number of esters is 4. The van der Waals surface area contributed by atoms with Gasteiger partial charge in [0, 0.05) is 13.3 Å². The van der Waals surface area contributed by atoms with Gasteiger partial charge in [-0.15, -0.1) is 0 Å². The van der Waals surface area contributed by atoms with Crippen LogP contribution in [0.4, 0.5) is 0 Å². The van der Waals surface area contributed by atoms with E-state index in [0.717, 1.165) is 6.92 Å². The fourth-order valence-electron chi connectivity index (χ4n) is 11.4. The first-order valence-corrected chi connectivity index (χ1v) is 18.0. The SMILES string of the molecule is CC(=O)O[C@H]1C(=O)O[C@H]2O[C@]34C(=O)O[C@@H]5C[C@@H](C(C)(C)C)[C@@]21[C@@]53C[C@@H]1OC(=O)[C@@H](C)[C@@]14O[C@@H]1O[C@H](CO)[C@@H](O[C@@H]2O[C@H](CO)[C@H](O)[C@H](O)[C@H]2O)[C@H](O)[C@H]1O. The molecule has 2 spiro atoms. The van der Waals surface area contributed by atoms with Crippen LogP contribution in [0.2, 0.25) is 0 Å². The lowest BCUT2D eigenvalue weighted by Crippen LogP contribution is -2.71. The van der Waals surface area contributed by atoms with Crippen LogP contribution < -0.4 is 0 Å². The average Bonchev–Trinajstić information content (AvgIpc) is 3.83. The Morgan fingerprint density at radius 3 is 2.11 bits per heavy atom. The molecule has 7 N–H and O–H groups in total. The Bertz CT molecular complexity index is 1600. The van der Waals surface area contributed by atoms with E-state index in [9.17, 15) is 54.9 Å². The fraction of sp³-hybridized carbons (Fsp3) is 0.882. The summed E-state index contributed by atoms with van der Waals surface area (Å²) >= 11 is 0. The number of ether oxygens (including phenoxy) is 9. The van der Waals surface area contributed by atoms with Crippen LogP contribution in [0.3, 0.4) is 0 Å². The largest absolute Gasteiger partial charge is 0.459 e. The Labute approximate surface area is 307 Å². The number of carbonyl (C=O) groups excluding carboxylic acids is 4. The maximum absolute atomic E-state index is 14.6. The first-order valence-electron chi connectivity index (χ1n) is 18.0. The van der Waals surface area contributed by atoms with E-state index in [1.54, 1.807) is 0 Å². The molecule has 8 aliphatic rings. The van der Waals surface area contributed by atoms with Crippen LogP contribution in [-0.2, 0) is 61.8 Å². The number of aliphatic hydroxyl groups excluding tert-OH is 7. The van der Waals surface area contributed by atoms with Gasteiger partial charge >= 0.3 is 23.9 Å². The van der Waals surface area contributed by atoms with Crippen molar-refractivity contribution in [2.45, 2.75) is 145 Å². The zero-order valence-corrected chi connectivity index (χ0v) is 30.0. The lowest BCUT2D eigenvalue weighted by molar-refractivity contribution is -0.380. The van der Waals surface area contributed by atoms with Crippen molar-refractivity contribution in [1.82, 2.24) is 0 Å². The van der Waals surface area contributed by atoms with Crippen molar-refractivity contribution in [2.75, 3.05) is 13.2 Å². The molecule has 302 valence electrons. The minimum absolute atomic E-state index is 0.182. The molecule has 6 saturated heterocycles. The number of hydrogen-bond acceptors (Lipinski definition) is 20. The molecule has 0 radical (unpaired) electrons. The average molecular weight is 775 g/mol. The number of hydrogen-bond donors (Lipinski definition) is 7. The molecule has 0 unspecified atom stereocenters. The van der Waals surface area contributed by atoms with Crippen LogP contribution in [0.15, 0.2) is 0 Å². The van der Waals surface area contributed by atoms with Gasteiger partial charge in [0.15, 0.2) is 18.2 Å². The lowest BCUT2D eigenvalue weighted by atomic mass is 9.51. The van der Waals surface area contributed by atoms with Crippen LogP contribution in [0.25, 0.3) is 0 Å². The van der Waals surface area contributed by atoms with E-state index < -0.39 is 162 Å². The Balaban J connectivity index is 1.19. The van der Waals surface area contributed by atoms with Gasteiger partial charge in [-0.25, -0.2) is 9.59 Å². The molecular weight excluding hydrogens is 728 g/mol. The Hall–Kier alpha value is -2.60. The predicted molar refractivity (Wildman–Crippen MR) is 165 cm³/mol. The van der Waals surface area contributed by atoms with Crippen LogP contribution in [0.5, 0.6) is 0 Å². The first-order chi connectivity index (χ1) is 25.3. The second-order valence-electron chi connectivity index (χ2n) is 16.8. The molecule has 20 atom stereocenters. The van der Waals surface area contributed by atoms with Crippen molar-refractivity contribution < 1.29 is 97.6 Å². The molecule has 8 rings (SSSR count). The van der Waals surface area contributed by atoms with Crippen LogP contribution >= 0.6 is 0 Å². The lowest BCUT2D eigenvalue weighted by Gasteiger charge is -2.50. The molecule has 6 heterocycles. The fourth-order valence-corrected chi connectivity index (χ4v) is 11.4. The molecule has 0 aromatic rings. The van der Waals surface area contributed by atoms with Gasteiger partial charge in [-0.3, -0.25) is 9.59 Å². The first kappa shape index (κ1) is 38.3. The zero-order valence-electron chi connectivity index (χ0n) is 30.0. The van der Waals surface area contributed by atoms with Crippen molar-refractivity contribution >= 4 is 23.9 Å². The van der Waals surface area contributed by atoms with E-state index in [0.29, 0.717) is 0 Å². The molecule has 6 aliphatic heterocycles. The van der Waals surface area contributed by atoms with E-state index >= 15 is 0 Å². The molecule has 0 bridgehead atoms. The summed E-state index contributed by atoms with van der Waals surface area (Å²) in [6.45, 7) is 6.58. The van der Waals surface area contributed by atoms with Crippen LogP contribution in [-0.4, -0.2) is 170 Å². The summed E-state index contributed by atoms with van der Waals surface area (Å²) in [5.74, 6) is -5.40. The number of aliphatic hydroxyl groups is 7. The molecule has 0 aromatic heterocycles. The molecule has 8 fully saturated rings. The van der Waals surface area contributed by atoms with Crippen LogP contribution in [0, 0.1) is 28.1 Å². The zero-order chi connectivity index (χ0) is 39.2. The Morgan fingerprint density at radius 1 is 0.833 bits per heavy atom. The number of fused-ring (bicyclic) bond motifs is 1. The minimum Gasteiger partial charge on any atom is -0.459 e. The minimum atomic E-state index is -2.31. The summed E-state index contributed by atoms with van der Waals surface area (Å²) in [5, 5.41) is 74.0. The topological polar surface area (TPSA) is 293 Å². The number of carbonyl (C=O) groups is 4. The molecule has 20 heteroatoms. The number of rotatable bonds is 7. The highest BCUT2D eigenvalue weighted by Gasteiger charge is 3.02. The second kappa shape index (κ2) is 12.2. The summed E-state index contributed by atoms with van der Waals surface area (Å²) in [7, 11) is 0. The highest BCUT2D eigenvalue weighted by atomic mass is 16.8. The third-order valence-corrected chi connectivity index (χ3v) is 13.5. The molecule has 2 saturated carbocycles. The predicted octanol–water partition coefficient (Wildman–Crippen LogP) is -4.12. The third kappa shape index (κ3) is 4.33. The summed E-state index contributed by atoms with van der Waals surface area (Å²) in [6.07, 6.45) is -23.3. The van der Waals surface area contributed by atoms with E-state index in [1.807, 2.05) is 20.8 Å². The molecule has 20 nitrogen and oxygen atoms in total. The smallest absolute Gasteiger partial charge is 0.350 e. The Kier molecular flexibility index (Phi) is 8.65. The highest BCUT2D eigenvalue weighted by molar-refractivity contribution is 5.94. The quantitative estimate of drug-likeness (QED) is 0.0955. The summed E-state index contributed by atoms with van der Waals surface area (Å²) < 4.78 is 53.9. The van der Waals surface area contributed by atoms with Gasteiger partial charge in [0.25, 0.3) is 0 Å². The Morgan fingerprint density at radius 2 is 1.48 bits per heavy atom. The van der Waals surface area contributed by atoms with Gasteiger partial charge in [-0.1, -0.05) is 20.8 Å². The standard InChI is InChI=1S/C34H46O20/c1-10-24(43)49-16-7-31-15-6-14(30(3,4)5)32(31)23(46-11(2)37)25(44)52-29(32)54-34(31,28(45)50-15)33(10,16)53-27-21(42)19(40)22(13(9-36)48-27)51-26-20(41)18(39)17(38)12(8-35)47-26/h10,12-23,26-27,29,35-36,38-42H,6-9H2,1-5H3/t10-,12-,13-,14+,15-,16+,17+,18+,19-,20-,21-,22-,23+,26+,27+,29+,31-,32+,33-,34-/m1/s1. The van der Waals surface area contributed by atoms with Gasteiger partial charge < -0.3 is 78.4 Å². The van der Waals surface area contributed by atoms with E-state index in [1.165, 1.54) is 6.92 Å². The van der Waals surface area contributed by atoms with Gasteiger partial charge in [0.1, 0.15) is 61.0 Å². The molecular formula is C34H46O20. The summed E-state index contributed by atoms with van der Waals surface area (Å²) in [6, 6.07) is 0. The highest BCUT2D eigenvalue weighted by Crippen LogP contribution is 2.85. The monoisotopic (exact) mass is 774 g/mol. The molecule has 54 heavy (non-hydrogen) atoms. The maximum Gasteiger partial charge on any atom is 0.350 e. The van der Waals surface area contributed by atoms with Crippen molar-refractivity contribution in [3.63, 3.8) is 0 Å². The van der Waals surface area contributed by atoms with Crippen molar-refractivity contribution in [3.05, 3.63) is 0 Å². The second-order valence-corrected chi connectivity index (χ2v) is 16.8. The van der Waals surface area contributed by atoms with Gasteiger partial charge in [-0.2, -0.15) is 0 Å². The summed E-state index contributed by atoms with van der Waals surface area (Å²) in [5.41, 5.74) is -8.31. The van der Waals surface area contributed by atoms with Crippen molar-refractivity contribution in [2.24, 2.45) is 28.1 Å². The van der Waals surface area contributed by atoms with Crippen molar-refractivity contribution in [1.29, 1.82) is 0 Å².